The third kappa shape index (κ3) is 3.07. The number of benzene rings is 1. The zero-order valence-electron chi connectivity index (χ0n) is 13.6. The van der Waals surface area contributed by atoms with Crippen molar-refractivity contribution in [2.24, 2.45) is 0 Å². The molecule has 1 amide bonds. The van der Waals surface area contributed by atoms with E-state index in [0.717, 1.165) is 22.0 Å². The molecule has 0 bridgehead atoms. The lowest BCUT2D eigenvalue weighted by molar-refractivity contribution is 0.102. The molecule has 0 spiro atoms. The molecule has 0 atom stereocenters. The fourth-order valence-electron chi connectivity index (χ4n) is 2.40. The molecule has 0 radical (unpaired) electrons. The number of hydrogen-bond acceptors (Lipinski definition) is 4. The van der Waals surface area contributed by atoms with Crippen LogP contribution in [0.1, 0.15) is 36.8 Å². The first kappa shape index (κ1) is 15.6. The maximum atomic E-state index is 12.4. The van der Waals surface area contributed by atoms with Crippen LogP contribution in [0.4, 0.5) is 5.69 Å². The highest BCUT2D eigenvalue weighted by atomic mass is 32.1. The second-order valence-electron chi connectivity index (χ2n) is 6.34. The van der Waals surface area contributed by atoms with Gasteiger partial charge in [0.2, 0.25) is 0 Å². The number of imidazole rings is 1. The quantitative estimate of drug-likeness (QED) is 0.791. The van der Waals surface area contributed by atoms with Gasteiger partial charge in [-0.1, -0.05) is 20.8 Å². The molecule has 0 unspecified atom stereocenters. The lowest BCUT2D eigenvalue weighted by Gasteiger charge is -2.23. The van der Waals surface area contributed by atoms with Crippen molar-refractivity contribution in [3.05, 3.63) is 47.2 Å². The van der Waals surface area contributed by atoms with Crippen molar-refractivity contribution in [1.29, 1.82) is 0 Å². The molecule has 23 heavy (non-hydrogen) atoms. The van der Waals surface area contributed by atoms with Crippen LogP contribution in [0, 0.1) is 0 Å². The molecule has 120 valence electrons. The summed E-state index contributed by atoms with van der Waals surface area (Å²) in [4.78, 5) is 17.5. The molecule has 3 rings (SSSR count). The topological polar surface area (TPSA) is 55.6 Å². The van der Waals surface area contributed by atoms with Crippen LogP contribution in [0.5, 0.6) is 5.75 Å². The van der Waals surface area contributed by atoms with Gasteiger partial charge in [0.25, 0.3) is 5.91 Å². The van der Waals surface area contributed by atoms with E-state index in [0.29, 0.717) is 5.69 Å². The second-order valence-corrected chi connectivity index (χ2v) is 7.21. The van der Waals surface area contributed by atoms with Crippen molar-refractivity contribution in [3.63, 3.8) is 0 Å². The minimum atomic E-state index is -0.217. The van der Waals surface area contributed by atoms with Crippen LogP contribution in [-0.2, 0) is 5.41 Å². The number of rotatable bonds is 3. The minimum Gasteiger partial charge on any atom is -0.496 e. The highest BCUT2D eigenvalue weighted by molar-refractivity contribution is 7.15. The summed E-state index contributed by atoms with van der Waals surface area (Å²) in [7, 11) is 1.65. The van der Waals surface area contributed by atoms with E-state index in [-0.39, 0.29) is 11.3 Å². The number of aromatic nitrogens is 2. The third-order valence-corrected chi connectivity index (χ3v) is 4.36. The van der Waals surface area contributed by atoms with Crippen molar-refractivity contribution in [1.82, 2.24) is 9.38 Å². The van der Waals surface area contributed by atoms with Crippen molar-refractivity contribution >= 4 is 27.9 Å². The summed E-state index contributed by atoms with van der Waals surface area (Å²) >= 11 is 1.50. The molecule has 5 nitrogen and oxygen atoms in total. The fraction of sp³-hybridized carbons (Fsp3) is 0.294. The van der Waals surface area contributed by atoms with Gasteiger partial charge in [-0.3, -0.25) is 9.20 Å². The van der Waals surface area contributed by atoms with Gasteiger partial charge in [-0.25, -0.2) is 4.98 Å². The Bertz CT molecular complexity index is 830. The summed E-state index contributed by atoms with van der Waals surface area (Å²) in [6.07, 6.45) is 3.62. The molecule has 2 heterocycles. The Morgan fingerprint density at radius 3 is 2.78 bits per heavy atom. The zero-order valence-corrected chi connectivity index (χ0v) is 14.4. The number of ether oxygens (including phenoxy) is 1. The molecule has 0 aliphatic rings. The zero-order chi connectivity index (χ0) is 16.6. The SMILES string of the molecule is COc1ccc(NC(=O)c2cn3ccsc3n2)cc1C(C)(C)C. The Morgan fingerprint density at radius 1 is 1.35 bits per heavy atom. The third-order valence-electron chi connectivity index (χ3n) is 3.59. The van der Waals surface area contributed by atoms with Crippen LogP contribution in [0.25, 0.3) is 4.96 Å². The van der Waals surface area contributed by atoms with Crippen LogP contribution < -0.4 is 10.1 Å². The summed E-state index contributed by atoms with van der Waals surface area (Å²) in [6, 6.07) is 5.67. The molecule has 6 heteroatoms. The number of methoxy groups -OCH3 is 1. The van der Waals surface area contributed by atoms with E-state index in [4.69, 9.17) is 4.74 Å². The van der Waals surface area contributed by atoms with Gasteiger partial charge in [0.1, 0.15) is 11.4 Å². The molecule has 1 N–H and O–H groups in total. The Labute approximate surface area is 138 Å². The number of thiazole rings is 1. The molecule has 3 aromatic rings. The maximum absolute atomic E-state index is 12.4. The summed E-state index contributed by atoms with van der Waals surface area (Å²) < 4.78 is 7.26. The second kappa shape index (κ2) is 5.70. The van der Waals surface area contributed by atoms with E-state index < -0.39 is 0 Å². The predicted molar refractivity (Wildman–Crippen MR) is 92.7 cm³/mol. The number of fused-ring (bicyclic) bond motifs is 1. The Hall–Kier alpha value is -2.34. The van der Waals surface area contributed by atoms with Crippen molar-refractivity contribution in [2.45, 2.75) is 26.2 Å². The Balaban J connectivity index is 1.87. The molecule has 1 aromatic carbocycles. The minimum absolute atomic E-state index is 0.0803. The number of carbonyl (C=O) groups is 1. The van der Waals surface area contributed by atoms with E-state index in [2.05, 4.69) is 31.1 Å². The Kier molecular flexibility index (Phi) is 3.85. The number of anilines is 1. The van der Waals surface area contributed by atoms with Crippen LogP contribution >= 0.6 is 11.3 Å². The van der Waals surface area contributed by atoms with Gasteiger partial charge in [-0.2, -0.15) is 0 Å². The number of carbonyl (C=O) groups excluding carboxylic acids is 1. The summed E-state index contributed by atoms with van der Waals surface area (Å²) in [5, 5.41) is 4.84. The largest absolute Gasteiger partial charge is 0.496 e. The van der Waals surface area contributed by atoms with Gasteiger partial charge >= 0.3 is 0 Å². The molecule has 2 aromatic heterocycles. The lowest BCUT2D eigenvalue weighted by Crippen LogP contribution is -2.16. The summed E-state index contributed by atoms with van der Waals surface area (Å²) in [5.41, 5.74) is 2.11. The number of hydrogen-bond donors (Lipinski definition) is 1. The monoisotopic (exact) mass is 329 g/mol. The van der Waals surface area contributed by atoms with Gasteiger partial charge in [0.05, 0.1) is 7.11 Å². The smallest absolute Gasteiger partial charge is 0.275 e. The van der Waals surface area contributed by atoms with Gasteiger partial charge in [0.15, 0.2) is 4.96 Å². The van der Waals surface area contributed by atoms with E-state index >= 15 is 0 Å². The highest BCUT2D eigenvalue weighted by Crippen LogP contribution is 2.33. The summed E-state index contributed by atoms with van der Waals surface area (Å²) in [6.45, 7) is 6.33. The number of nitrogens with one attached hydrogen (secondary N) is 1. The predicted octanol–water partition coefficient (Wildman–Crippen LogP) is 3.95. The van der Waals surface area contributed by atoms with E-state index in [1.807, 2.05) is 34.2 Å². The van der Waals surface area contributed by atoms with E-state index in [1.54, 1.807) is 13.3 Å². The van der Waals surface area contributed by atoms with Crippen molar-refractivity contribution < 1.29 is 9.53 Å². The van der Waals surface area contributed by atoms with Crippen LogP contribution in [-0.4, -0.2) is 22.4 Å². The molecular formula is C17H19N3O2S. The molecule has 0 fully saturated rings. The average Bonchev–Trinajstić information content (AvgIpc) is 3.07. The normalized spacial score (nSPS) is 11.7. The average molecular weight is 329 g/mol. The summed E-state index contributed by atoms with van der Waals surface area (Å²) in [5.74, 6) is 0.601. The number of amides is 1. The van der Waals surface area contributed by atoms with E-state index in [1.165, 1.54) is 11.3 Å². The maximum Gasteiger partial charge on any atom is 0.275 e. The van der Waals surface area contributed by atoms with Crippen LogP contribution in [0.2, 0.25) is 0 Å². The van der Waals surface area contributed by atoms with Crippen LogP contribution in [0.3, 0.4) is 0 Å². The van der Waals surface area contributed by atoms with Gasteiger partial charge < -0.3 is 10.1 Å². The standard InChI is InChI=1S/C17H19N3O2S/c1-17(2,3)12-9-11(5-6-14(12)22-4)18-15(21)13-10-20-7-8-23-16(20)19-13/h5-10H,1-4H3,(H,18,21). The first-order valence-corrected chi connectivity index (χ1v) is 8.18. The lowest BCUT2D eigenvalue weighted by atomic mass is 9.86. The van der Waals surface area contributed by atoms with E-state index in [9.17, 15) is 4.79 Å². The first-order valence-electron chi connectivity index (χ1n) is 7.30. The Morgan fingerprint density at radius 2 is 2.13 bits per heavy atom. The van der Waals surface area contributed by atoms with Crippen molar-refractivity contribution in [2.75, 3.05) is 12.4 Å². The molecule has 0 saturated carbocycles. The molecular weight excluding hydrogens is 310 g/mol. The van der Waals surface area contributed by atoms with Crippen molar-refractivity contribution in [3.8, 4) is 5.75 Å². The molecule has 0 aliphatic heterocycles. The highest BCUT2D eigenvalue weighted by Gasteiger charge is 2.20. The van der Waals surface area contributed by atoms with Gasteiger partial charge in [0, 0.05) is 29.0 Å². The number of nitrogens with zero attached hydrogens (tertiary/aromatic N) is 2. The first-order chi connectivity index (χ1) is 10.9. The van der Waals surface area contributed by atoms with Crippen LogP contribution in [0.15, 0.2) is 36.0 Å². The van der Waals surface area contributed by atoms with Gasteiger partial charge in [-0.15, -0.1) is 11.3 Å². The van der Waals surface area contributed by atoms with Gasteiger partial charge in [-0.05, 0) is 23.6 Å². The fourth-order valence-corrected chi connectivity index (χ4v) is 3.10. The molecule has 0 aliphatic carbocycles. The molecule has 0 saturated heterocycles.